The normalized spacial score (nSPS) is 14.8. The lowest BCUT2D eigenvalue weighted by atomic mass is 10.3. The summed E-state index contributed by atoms with van der Waals surface area (Å²) < 4.78 is 41.5. The summed E-state index contributed by atoms with van der Waals surface area (Å²) >= 11 is 3.08. The number of ether oxygens (including phenoxy) is 1. The fraction of sp³-hybridized carbons (Fsp3) is 0.417. The van der Waals surface area contributed by atoms with Crippen LogP contribution in [0.25, 0.3) is 0 Å². The molecule has 0 atom stereocenters. The van der Waals surface area contributed by atoms with Crippen LogP contribution in [0.15, 0.2) is 21.5 Å². The molecule has 9 heteroatoms. The van der Waals surface area contributed by atoms with Gasteiger partial charge in [0.25, 0.3) is 0 Å². The van der Waals surface area contributed by atoms with Crippen molar-refractivity contribution in [3.63, 3.8) is 0 Å². The highest BCUT2D eigenvalue weighted by Gasteiger charge is 2.23. The molecule has 1 saturated carbocycles. The number of nitrogens with two attached hydrogens (primary N) is 1. The highest BCUT2D eigenvalue weighted by atomic mass is 79.9. The van der Waals surface area contributed by atoms with E-state index in [2.05, 4.69) is 21.2 Å². The Kier molecular flexibility index (Phi) is 4.84. The molecule has 1 aliphatic carbocycles. The lowest BCUT2D eigenvalue weighted by Gasteiger charge is -2.10. The van der Waals surface area contributed by atoms with Crippen LogP contribution in [-0.2, 0) is 14.8 Å². The fourth-order valence-electron chi connectivity index (χ4n) is 1.62. The van der Waals surface area contributed by atoms with Crippen LogP contribution in [0.4, 0.5) is 4.39 Å². The number of hydrogen-bond donors (Lipinski definition) is 2. The van der Waals surface area contributed by atoms with Crippen molar-refractivity contribution in [2.24, 2.45) is 5.14 Å². The Morgan fingerprint density at radius 1 is 1.48 bits per heavy atom. The number of rotatable bonds is 6. The Bertz CT molecular complexity index is 661. The molecule has 21 heavy (non-hydrogen) atoms. The van der Waals surface area contributed by atoms with Crippen molar-refractivity contribution in [2.75, 3.05) is 6.61 Å². The SMILES string of the molecule is NS(=O)(=O)c1cc(Br)c(OCCC(=O)NC2CC2)cc1F. The molecule has 1 aliphatic rings. The van der Waals surface area contributed by atoms with E-state index in [0.29, 0.717) is 0 Å². The third kappa shape index (κ3) is 4.65. The summed E-state index contributed by atoms with van der Waals surface area (Å²) in [6.45, 7) is 0.0608. The fourth-order valence-corrected chi connectivity index (χ4v) is 2.84. The summed E-state index contributed by atoms with van der Waals surface area (Å²) in [6.07, 6.45) is 2.14. The predicted molar refractivity (Wildman–Crippen MR) is 76.7 cm³/mol. The number of sulfonamides is 1. The van der Waals surface area contributed by atoms with E-state index in [1.54, 1.807) is 0 Å². The molecule has 0 aliphatic heterocycles. The second-order valence-electron chi connectivity index (χ2n) is 4.70. The van der Waals surface area contributed by atoms with Gasteiger partial charge in [0.2, 0.25) is 15.9 Å². The van der Waals surface area contributed by atoms with Crippen LogP contribution < -0.4 is 15.2 Å². The summed E-state index contributed by atoms with van der Waals surface area (Å²) in [4.78, 5) is 10.8. The number of carbonyl (C=O) groups excluding carboxylic acids is 1. The first-order chi connectivity index (χ1) is 9.77. The van der Waals surface area contributed by atoms with Crippen molar-refractivity contribution in [1.29, 1.82) is 0 Å². The minimum atomic E-state index is -4.14. The van der Waals surface area contributed by atoms with E-state index in [1.165, 1.54) is 0 Å². The quantitative estimate of drug-likeness (QED) is 0.776. The Morgan fingerprint density at radius 2 is 2.14 bits per heavy atom. The van der Waals surface area contributed by atoms with Gasteiger partial charge >= 0.3 is 0 Å². The van der Waals surface area contributed by atoms with E-state index >= 15 is 0 Å². The highest BCUT2D eigenvalue weighted by molar-refractivity contribution is 9.10. The number of amides is 1. The first kappa shape index (κ1) is 16.2. The van der Waals surface area contributed by atoms with Crippen LogP contribution in [0.2, 0.25) is 0 Å². The lowest BCUT2D eigenvalue weighted by molar-refractivity contribution is -0.121. The van der Waals surface area contributed by atoms with E-state index in [1.807, 2.05) is 0 Å². The lowest BCUT2D eigenvalue weighted by Crippen LogP contribution is -2.26. The summed E-state index contributed by atoms with van der Waals surface area (Å²) in [7, 11) is -4.14. The zero-order chi connectivity index (χ0) is 15.6. The van der Waals surface area contributed by atoms with Crippen LogP contribution in [0.3, 0.4) is 0 Å². The van der Waals surface area contributed by atoms with Gasteiger partial charge in [-0.2, -0.15) is 0 Å². The van der Waals surface area contributed by atoms with Crippen LogP contribution in [-0.4, -0.2) is 27.0 Å². The Hall–Kier alpha value is -1.19. The van der Waals surface area contributed by atoms with Crippen molar-refractivity contribution in [3.05, 3.63) is 22.4 Å². The Labute approximate surface area is 130 Å². The van der Waals surface area contributed by atoms with Crippen molar-refractivity contribution in [1.82, 2.24) is 5.32 Å². The van der Waals surface area contributed by atoms with E-state index < -0.39 is 20.7 Å². The summed E-state index contributed by atoms with van der Waals surface area (Å²) in [5, 5.41) is 7.68. The topological polar surface area (TPSA) is 98.5 Å². The minimum Gasteiger partial charge on any atom is -0.492 e. The van der Waals surface area contributed by atoms with Gasteiger partial charge in [0.15, 0.2) is 0 Å². The average Bonchev–Trinajstić information content (AvgIpc) is 3.15. The summed E-state index contributed by atoms with van der Waals surface area (Å²) in [5.74, 6) is -1.02. The zero-order valence-electron chi connectivity index (χ0n) is 10.9. The van der Waals surface area contributed by atoms with Crippen molar-refractivity contribution in [2.45, 2.75) is 30.2 Å². The molecule has 0 saturated heterocycles. The maximum atomic E-state index is 13.7. The van der Waals surface area contributed by atoms with Gasteiger partial charge in [-0.1, -0.05) is 0 Å². The van der Waals surface area contributed by atoms with Gasteiger partial charge in [-0.3, -0.25) is 4.79 Å². The molecule has 1 aromatic carbocycles. The largest absolute Gasteiger partial charge is 0.492 e. The maximum Gasteiger partial charge on any atom is 0.241 e. The van der Waals surface area contributed by atoms with Crippen LogP contribution >= 0.6 is 15.9 Å². The number of benzene rings is 1. The van der Waals surface area contributed by atoms with Gasteiger partial charge in [-0.25, -0.2) is 17.9 Å². The molecule has 0 unspecified atom stereocenters. The van der Waals surface area contributed by atoms with E-state index in [-0.39, 0.29) is 35.2 Å². The maximum absolute atomic E-state index is 13.7. The van der Waals surface area contributed by atoms with Crippen molar-refractivity contribution < 1.29 is 22.3 Å². The molecule has 1 amide bonds. The molecule has 1 fully saturated rings. The van der Waals surface area contributed by atoms with Gasteiger partial charge < -0.3 is 10.1 Å². The average molecular weight is 381 g/mol. The van der Waals surface area contributed by atoms with Gasteiger partial charge in [0.05, 0.1) is 17.5 Å². The number of primary sulfonamides is 1. The number of halogens is 2. The van der Waals surface area contributed by atoms with E-state index in [0.717, 1.165) is 25.0 Å². The van der Waals surface area contributed by atoms with E-state index in [4.69, 9.17) is 9.88 Å². The van der Waals surface area contributed by atoms with E-state index in [9.17, 15) is 17.6 Å². The molecule has 0 radical (unpaired) electrons. The van der Waals surface area contributed by atoms with Crippen molar-refractivity contribution >= 4 is 31.9 Å². The molecule has 116 valence electrons. The van der Waals surface area contributed by atoms with Gasteiger partial charge in [-0.05, 0) is 34.8 Å². The molecular formula is C12H14BrFN2O4S. The molecule has 2 rings (SSSR count). The summed E-state index contributed by atoms with van der Waals surface area (Å²) in [5.41, 5.74) is 0. The first-order valence-corrected chi connectivity index (χ1v) is 8.55. The first-order valence-electron chi connectivity index (χ1n) is 6.21. The molecular weight excluding hydrogens is 367 g/mol. The third-order valence-electron chi connectivity index (χ3n) is 2.82. The zero-order valence-corrected chi connectivity index (χ0v) is 13.3. The molecule has 0 bridgehead atoms. The molecule has 0 spiro atoms. The summed E-state index contributed by atoms with van der Waals surface area (Å²) in [6, 6.07) is 2.23. The van der Waals surface area contributed by atoms with Gasteiger partial charge in [0, 0.05) is 12.1 Å². The third-order valence-corrected chi connectivity index (χ3v) is 4.37. The smallest absolute Gasteiger partial charge is 0.241 e. The Morgan fingerprint density at radius 3 is 2.71 bits per heavy atom. The highest BCUT2D eigenvalue weighted by Crippen LogP contribution is 2.30. The number of hydrogen-bond acceptors (Lipinski definition) is 4. The monoisotopic (exact) mass is 380 g/mol. The second-order valence-corrected chi connectivity index (χ2v) is 7.08. The molecule has 0 aromatic heterocycles. The predicted octanol–water partition coefficient (Wildman–Crippen LogP) is 1.28. The van der Waals surface area contributed by atoms with Gasteiger partial charge in [0.1, 0.15) is 16.5 Å². The van der Waals surface area contributed by atoms with Crippen LogP contribution in [0.5, 0.6) is 5.75 Å². The minimum absolute atomic E-state index is 0.0608. The molecule has 1 aromatic rings. The van der Waals surface area contributed by atoms with Gasteiger partial charge in [-0.15, -0.1) is 0 Å². The molecule has 3 N–H and O–H groups in total. The Balaban J connectivity index is 1.97. The molecule has 6 nitrogen and oxygen atoms in total. The number of nitrogens with one attached hydrogen (secondary N) is 1. The van der Waals surface area contributed by atoms with Crippen LogP contribution in [0, 0.1) is 5.82 Å². The number of carbonyl (C=O) groups is 1. The van der Waals surface area contributed by atoms with Crippen molar-refractivity contribution in [3.8, 4) is 5.75 Å². The van der Waals surface area contributed by atoms with Crippen LogP contribution in [0.1, 0.15) is 19.3 Å². The second kappa shape index (κ2) is 6.29. The standard InChI is InChI=1S/C12H14BrFN2O4S/c13-8-5-11(21(15,18)19)9(14)6-10(8)20-4-3-12(17)16-7-1-2-7/h5-7H,1-4H2,(H,16,17)(H2,15,18,19). The molecule has 0 heterocycles.